The van der Waals surface area contributed by atoms with E-state index in [0.29, 0.717) is 22.1 Å². The minimum absolute atomic E-state index is 0.00753. The van der Waals surface area contributed by atoms with Crippen molar-refractivity contribution in [2.24, 2.45) is 5.41 Å². The normalized spacial score (nSPS) is 11.7. The van der Waals surface area contributed by atoms with Crippen molar-refractivity contribution < 1.29 is 14.3 Å². The molecule has 0 aliphatic rings. The molecule has 0 fully saturated rings. The van der Waals surface area contributed by atoms with Crippen molar-refractivity contribution in [1.29, 1.82) is 0 Å². The summed E-state index contributed by atoms with van der Waals surface area (Å²) in [6.45, 7) is 5.41. The van der Waals surface area contributed by atoms with Crippen LogP contribution < -0.4 is 4.74 Å². The Bertz CT molecular complexity index is 663. The van der Waals surface area contributed by atoms with E-state index in [0.717, 1.165) is 0 Å². The lowest BCUT2D eigenvalue weighted by molar-refractivity contribution is -0.157. The molecule has 0 spiro atoms. The molecule has 0 aliphatic carbocycles. The molecule has 2 heterocycles. The van der Waals surface area contributed by atoms with Crippen LogP contribution in [-0.2, 0) is 16.3 Å². The third-order valence-electron chi connectivity index (χ3n) is 2.75. The first-order valence-corrected chi connectivity index (χ1v) is 7.58. The molecule has 0 amide bonds. The van der Waals surface area contributed by atoms with Gasteiger partial charge in [-0.05, 0) is 27.0 Å². The zero-order valence-electron chi connectivity index (χ0n) is 12.7. The van der Waals surface area contributed by atoms with E-state index in [1.54, 1.807) is 34.1 Å². The average Bonchev–Trinajstić information content (AvgIpc) is 2.85. The van der Waals surface area contributed by atoms with Gasteiger partial charge in [-0.2, -0.15) is 10.1 Å². The van der Waals surface area contributed by atoms with Crippen LogP contribution in [0, 0.1) is 5.41 Å². The Labute approximate surface area is 127 Å². The molecular formula is C13H18N4O3S. The van der Waals surface area contributed by atoms with Gasteiger partial charge in [-0.25, -0.2) is 9.67 Å². The van der Waals surface area contributed by atoms with E-state index in [2.05, 4.69) is 15.1 Å². The molecule has 0 saturated heterocycles. The second kappa shape index (κ2) is 5.88. The molecule has 0 aliphatic heterocycles. The molecule has 2 aromatic heterocycles. The molecule has 0 N–H and O–H groups in total. The Hall–Kier alpha value is -1.83. The average molecular weight is 310 g/mol. The molecule has 2 rings (SSSR count). The molecule has 114 valence electrons. The zero-order chi connectivity index (χ0) is 15.6. The number of carbonyl (C=O) groups excluding carboxylic acids is 1. The fourth-order valence-electron chi connectivity index (χ4n) is 1.59. The van der Waals surface area contributed by atoms with Crippen LogP contribution in [0.5, 0.6) is 5.88 Å². The van der Waals surface area contributed by atoms with Gasteiger partial charge >= 0.3 is 5.97 Å². The van der Waals surface area contributed by atoms with Crippen LogP contribution >= 0.6 is 11.8 Å². The van der Waals surface area contributed by atoms with Crippen LogP contribution in [-0.4, -0.2) is 39.1 Å². The van der Waals surface area contributed by atoms with E-state index in [1.165, 1.54) is 16.4 Å². The lowest BCUT2D eigenvalue weighted by Crippen LogP contribution is -2.24. The minimum atomic E-state index is -0.555. The van der Waals surface area contributed by atoms with E-state index in [-0.39, 0.29) is 12.7 Å². The van der Waals surface area contributed by atoms with E-state index in [4.69, 9.17) is 9.47 Å². The molecule has 8 heteroatoms. The van der Waals surface area contributed by atoms with Crippen molar-refractivity contribution >= 4 is 28.8 Å². The number of nitrogens with zero attached hydrogens (tertiary/aromatic N) is 4. The summed E-state index contributed by atoms with van der Waals surface area (Å²) in [7, 11) is 1.54. The smallest absolute Gasteiger partial charge is 0.313 e. The third-order valence-corrected chi connectivity index (χ3v) is 3.29. The van der Waals surface area contributed by atoms with Crippen molar-refractivity contribution in [3.8, 4) is 5.88 Å². The van der Waals surface area contributed by atoms with Gasteiger partial charge in [0.25, 0.3) is 0 Å². The van der Waals surface area contributed by atoms with Crippen molar-refractivity contribution in [3.05, 3.63) is 6.20 Å². The van der Waals surface area contributed by atoms with Crippen molar-refractivity contribution in [1.82, 2.24) is 19.7 Å². The largest absolute Gasteiger partial charge is 0.480 e. The summed E-state index contributed by atoms with van der Waals surface area (Å²) in [5.74, 6) is 0.162. The number of hydrogen-bond donors (Lipinski definition) is 0. The van der Waals surface area contributed by atoms with Gasteiger partial charge in [-0.3, -0.25) is 4.79 Å². The van der Waals surface area contributed by atoms with Crippen LogP contribution in [0.4, 0.5) is 0 Å². The van der Waals surface area contributed by atoms with Crippen molar-refractivity contribution in [2.45, 2.75) is 32.7 Å². The Balaban J connectivity index is 2.31. The van der Waals surface area contributed by atoms with E-state index < -0.39 is 5.41 Å². The number of methoxy groups -OCH3 is 1. The molecule has 0 unspecified atom stereocenters. The van der Waals surface area contributed by atoms with Gasteiger partial charge in [-0.1, -0.05) is 11.8 Å². The SMILES string of the molecule is COc1nc(SC)nc2c1cnn2COC(=O)C(C)(C)C. The quantitative estimate of drug-likeness (QED) is 0.486. The number of esters is 1. The van der Waals surface area contributed by atoms with Gasteiger partial charge in [0, 0.05) is 0 Å². The molecule has 21 heavy (non-hydrogen) atoms. The van der Waals surface area contributed by atoms with E-state index in [1.807, 2.05) is 6.26 Å². The van der Waals surface area contributed by atoms with Crippen LogP contribution in [0.15, 0.2) is 11.4 Å². The van der Waals surface area contributed by atoms with Crippen molar-refractivity contribution in [2.75, 3.05) is 13.4 Å². The number of ether oxygens (including phenoxy) is 2. The van der Waals surface area contributed by atoms with Gasteiger partial charge in [0.1, 0.15) is 5.39 Å². The number of fused-ring (bicyclic) bond motifs is 1. The predicted octanol–water partition coefficient (Wildman–Crippen LogP) is 2.10. The molecule has 0 bridgehead atoms. The van der Waals surface area contributed by atoms with Gasteiger partial charge in [0.05, 0.1) is 18.7 Å². The summed E-state index contributed by atoms with van der Waals surface area (Å²) in [5.41, 5.74) is 0.0213. The zero-order valence-corrected chi connectivity index (χ0v) is 13.5. The van der Waals surface area contributed by atoms with Crippen LogP contribution in [0.1, 0.15) is 20.8 Å². The second-order valence-electron chi connectivity index (χ2n) is 5.41. The maximum Gasteiger partial charge on any atom is 0.313 e. The monoisotopic (exact) mass is 310 g/mol. The fraction of sp³-hybridized carbons (Fsp3) is 0.538. The molecule has 0 aromatic carbocycles. The molecule has 0 atom stereocenters. The molecule has 0 saturated carbocycles. The molecule has 0 radical (unpaired) electrons. The number of rotatable bonds is 4. The molecular weight excluding hydrogens is 292 g/mol. The Morgan fingerprint density at radius 2 is 2.10 bits per heavy atom. The number of hydrogen-bond acceptors (Lipinski definition) is 7. The summed E-state index contributed by atoms with van der Waals surface area (Å²) < 4.78 is 12.0. The highest BCUT2D eigenvalue weighted by Gasteiger charge is 2.23. The lowest BCUT2D eigenvalue weighted by atomic mass is 9.98. The summed E-state index contributed by atoms with van der Waals surface area (Å²) in [6, 6.07) is 0. The van der Waals surface area contributed by atoms with Crippen molar-refractivity contribution in [3.63, 3.8) is 0 Å². The highest BCUT2D eigenvalue weighted by Crippen LogP contribution is 2.25. The van der Waals surface area contributed by atoms with Gasteiger partial charge in [-0.15, -0.1) is 0 Å². The highest BCUT2D eigenvalue weighted by molar-refractivity contribution is 7.98. The van der Waals surface area contributed by atoms with Gasteiger partial charge in [0.2, 0.25) is 5.88 Å². The summed E-state index contributed by atoms with van der Waals surface area (Å²) >= 11 is 1.40. The first kappa shape index (κ1) is 15.6. The van der Waals surface area contributed by atoms with Gasteiger partial charge < -0.3 is 9.47 Å². The van der Waals surface area contributed by atoms with Gasteiger partial charge in [0.15, 0.2) is 17.5 Å². The topological polar surface area (TPSA) is 79.1 Å². The number of aromatic nitrogens is 4. The van der Waals surface area contributed by atoms with Crippen LogP contribution in [0.3, 0.4) is 0 Å². The Morgan fingerprint density at radius 1 is 1.38 bits per heavy atom. The molecule has 7 nitrogen and oxygen atoms in total. The Morgan fingerprint density at radius 3 is 2.67 bits per heavy atom. The second-order valence-corrected chi connectivity index (χ2v) is 6.19. The summed E-state index contributed by atoms with van der Waals surface area (Å²) in [6.07, 6.45) is 3.48. The lowest BCUT2D eigenvalue weighted by Gasteiger charge is -2.16. The number of thioether (sulfide) groups is 1. The standard InChI is InChI=1S/C13H18N4O3S/c1-13(2,3)11(18)20-7-17-9-8(6-14-17)10(19-4)16-12(15-9)21-5/h6H,7H2,1-5H3. The van der Waals surface area contributed by atoms with Crippen LogP contribution in [0.2, 0.25) is 0 Å². The maximum absolute atomic E-state index is 11.8. The van der Waals surface area contributed by atoms with E-state index in [9.17, 15) is 4.79 Å². The van der Waals surface area contributed by atoms with Crippen LogP contribution in [0.25, 0.3) is 11.0 Å². The third kappa shape index (κ3) is 3.26. The first-order valence-electron chi connectivity index (χ1n) is 6.35. The first-order chi connectivity index (χ1) is 9.86. The number of carbonyl (C=O) groups is 1. The molecule has 2 aromatic rings. The summed E-state index contributed by atoms with van der Waals surface area (Å²) in [4.78, 5) is 20.5. The Kier molecular flexibility index (Phi) is 4.36. The van der Waals surface area contributed by atoms with E-state index >= 15 is 0 Å². The fourth-order valence-corrected chi connectivity index (χ4v) is 1.94. The maximum atomic E-state index is 11.8. The minimum Gasteiger partial charge on any atom is -0.480 e. The highest BCUT2D eigenvalue weighted by atomic mass is 32.2. The summed E-state index contributed by atoms with van der Waals surface area (Å²) in [5, 5.41) is 5.44. The predicted molar refractivity (Wildman–Crippen MR) is 79.2 cm³/mol.